The number of nitrogens with zero attached hydrogens (tertiary/aromatic N) is 2. The van der Waals surface area contributed by atoms with E-state index in [4.69, 9.17) is 9.84 Å². The second-order valence-electron chi connectivity index (χ2n) is 4.06. The highest BCUT2D eigenvalue weighted by Crippen LogP contribution is 2.14. The highest BCUT2D eigenvalue weighted by molar-refractivity contribution is 5.88. The van der Waals surface area contributed by atoms with Crippen LogP contribution in [-0.2, 0) is 16.6 Å². The lowest BCUT2D eigenvalue weighted by Crippen LogP contribution is -2.44. The van der Waals surface area contributed by atoms with Crippen LogP contribution in [0.1, 0.15) is 0 Å². The summed E-state index contributed by atoms with van der Waals surface area (Å²) in [4.78, 5) is 22.5. The molecule has 2 heterocycles. The number of carboxylic acid groups (broad SMARTS) is 1. The molecule has 2 amide bonds. The minimum absolute atomic E-state index is 0.115. The van der Waals surface area contributed by atoms with E-state index in [0.29, 0.717) is 5.82 Å². The van der Waals surface area contributed by atoms with Crippen LogP contribution in [0, 0.1) is 5.92 Å². The highest BCUT2D eigenvalue weighted by atomic mass is 16.5. The number of anilines is 1. The van der Waals surface area contributed by atoms with Crippen molar-refractivity contribution in [2.45, 2.75) is 6.04 Å². The van der Waals surface area contributed by atoms with Gasteiger partial charge in [0.1, 0.15) is 5.92 Å². The van der Waals surface area contributed by atoms with Gasteiger partial charge in [-0.3, -0.25) is 14.8 Å². The van der Waals surface area contributed by atoms with Crippen molar-refractivity contribution >= 4 is 17.8 Å². The van der Waals surface area contributed by atoms with Crippen LogP contribution in [0.4, 0.5) is 10.6 Å². The number of hydrogen-bond donors (Lipinski definition) is 3. The van der Waals surface area contributed by atoms with Crippen molar-refractivity contribution in [3.63, 3.8) is 0 Å². The molecule has 0 saturated carbocycles. The lowest BCUT2D eigenvalue weighted by Gasteiger charge is -2.15. The maximum Gasteiger partial charge on any atom is 0.320 e. The van der Waals surface area contributed by atoms with Crippen LogP contribution in [0.2, 0.25) is 0 Å². The van der Waals surface area contributed by atoms with Gasteiger partial charge >= 0.3 is 12.0 Å². The third-order valence-corrected chi connectivity index (χ3v) is 2.67. The summed E-state index contributed by atoms with van der Waals surface area (Å²) in [5.41, 5.74) is 0. The molecular weight excluding hydrogens is 240 g/mol. The second-order valence-corrected chi connectivity index (χ2v) is 4.06. The number of ether oxygens (including phenoxy) is 1. The second kappa shape index (κ2) is 5.05. The lowest BCUT2D eigenvalue weighted by molar-refractivity contribution is -0.142. The fraction of sp³-hybridized carbons (Fsp3) is 0.500. The Bertz CT molecular complexity index is 458. The molecule has 18 heavy (non-hydrogen) atoms. The van der Waals surface area contributed by atoms with Gasteiger partial charge in [-0.25, -0.2) is 4.79 Å². The van der Waals surface area contributed by atoms with Gasteiger partial charge in [-0.1, -0.05) is 0 Å². The largest absolute Gasteiger partial charge is 0.481 e. The van der Waals surface area contributed by atoms with E-state index in [-0.39, 0.29) is 13.2 Å². The SMILES string of the molecule is Cn1ccc(NC(=O)NC2COCC2C(=O)O)n1. The van der Waals surface area contributed by atoms with Crippen molar-refractivity contribution in [3.05, 3.63) is 12.3 Å². The normalized spacial score (nSPS) is 22.7. The predicted octanol–water partition coefficient (Wildman–Crippen LogP) is -0.359. The number of rotatable bonds is 3. The van der Waals surface area contributed by atoms with Gasteiger partial charge in [0.05, 0.1) is 19.3 Å². The van der Waals surface area contributed by atoms with Crippen LogP contribution in [0.15, 0.2) is 12.3 Å². The van der Waals surface area contributed by atoms with E-state index in [1.54, 1.807) is 24.0 Å². The van der Waals surface area contributed by atoms with Crippen molar-refractivity contribution in [3.8, 4) is 0 Å². The number of carbonyl (C=O) groups is 2. The van der Waals surface area contributed by atoms with E-state index in [2.05, 4.69) is 15.7 Å². The molecule has 1 fully saturated rings. The molecule has 0 spiro atoms. The summed E-state index contributed by atoms with van der Waals surface area (Å²) in [7, 11) is 1.73. The average molecular weight is 254 g/mol. The first-order chi connectivity index (χ1) is 8.56. The van der Waals surface area contributed by atoms with Crippen molar-refractivity contribution < 1.29 is 19.4 Å². The van der Waals surface area contributed by atoms with Crippen LogP contribution in [0.25, 0.3) is 0 Å². The van der Waals surface area contributed by atoms with E-state index in [1.165, 1.54) is 0 Å². The quantitative estimate of drug-likeness (QED) is 0.683. The van der Waals surface area contributed by atoms with E-state index in [1.807, 2.05) is 0 Å². The van der Waals surface area contributed by atoms with E-state index < -0.39 is 24.0 Å². The fourth-order valence-corrected chi connectivity index (χ4v) is 1.74. The molecule has 0 radical (unpaired) electrons. The number of amides is 2. The molecule has 0 aromatic carbocycles. The van der Waals surface area contributed by atoms with Crippen LogP contribution < -0.4 is 10.6 Å². The number of urea groups is 1. The molecule has 2 unspecified atom stereocenters. The number of carboxylic acids is 1. The van der Waals surface area contributed by atoms with E-state index in [9.17, 15) is 9.59 Å². The number of aliphatic carboxylic acids is 1. The Morgan fingerprint density at radius 2 is 2.33 bits per heavy atom. The first kappa shape index (κ1) is 12.4. The molecule has 98 valence electrons. The average Bonchev–Trinajstić information content (AvgIpc) is 2.87. The molecule has 3 N–H and O–H groups in total. The Morgan fingerprint density at radius 1 is 1.56 bits per heavy atom. The zero-order valence-corrected chi connectivity index (χ0v) is 9.79. The smallest absolute Gasteiger partial charge is 0.320 e. The summed E-state index contributed by atoms with van der Waals surface area (Å²) >= 11 is 0. The Labute approximate surface area is 103 Å². The molecule has 2 atom stereocenters. The first-order valence-corrected chi connectivity index (χ1v) is 5.44. The summed E-state index contributed by atoms with van der Waals surface area (Å²) in [6, 6.07) is 0.626. The summed E-state index contributed by atoms with van der Waals surface area (Å²) in [6.07, 6.45) is 1.69. The van der Waals surface area contributed by atoms with E-state index in [0.717, 1.165) is 0 Å². The molecule has 0 aliphatic carbocycles. The highest BCUT2D eigenvalue weighted by Gasteiger charge is 2.35. The van der Waals surface area contributed by atoms with Crippen LogP contribution in [0.3, 0.4) is 0 Å². The topological polar surface area (TPSA) is 105 Å². The minimum Gasteiger partial charge on any atom is -0.481 e. The Kier molecular flexibility index (Phi) is 3.47. The Hall–Kier alpha value is -2.09. The summed E-state index contributed by atoms with van der Waals surface area (Å²) in [5.74, 6) is -1.28. The molecule has 0 bridgehead atoms. The van der Waals surface area contributed by atoms with Crippen LogP contribution in [0.5, 0.6) is 0 Å². The van der Waals surface area contributed by atoms with Gasteiger partial charge in [-0.05, 0) is 0 Å². The van der Waals surface area contributed by atoms with Gasteiger partial charge in [-0.15, -0.1) is 0 Å². The molecular formula is C10H14N4O4. The molecule has 2 rings (SSSR count). The Balaban J connectivity index is 1.89. The van der Waals surface area contributed by atoms with Gasteiger partial charge < -0.3 is 15.2 Å². The monoisotopic (exact) mass is 254 g/mol. The summed E-state index contributed by atoms with van der Waals surface area (Å²) < 4.78 is 6.59. The maximum atomic E-state index is 11.6. The summed E-state index contributed by atoms with van der Waals surface area (Å²) in [5, 5.41) is 18.0. The zero-order chi connectivity index (χ0) is 13.1. The van der Waals surface area contributed by atoms with Gasteiger partial charge in [0, 0.05) is 19.3 Å². The predicted molar refractivity (Wildman–Crippen MR) is 61.1 cm³/mol. The molecule has 1 aromatic rings. The first-order valence-electron chi connectivity index (χ1n) is 5.44. The van der Waals surface area contributed by atoms with Crippen molar-refractivity contribution in [2.75, 3.05) is 18.5 Å². The number of nitrogens with one attached hydrogen (secondary N) is 2. The van der Waals surface area contributed by atoms with Crippen LogP contribution >= 0.6 is 0 Å². The number of aryl methyl sites for hydroxylation is 1. The van der Waals surface area contributed by atoms with Crippen LogP contribution in [-0.4, -0.2) is 46.1 Å². The number of aromatic nitrogens is 2. The third kappa shape index (κ3) is 2.77. The molecule has 1 aliphatic heterocycles. The standard InChI is InChI=1S/C10H14N4O4/c1-14-3-2-8(13-14)12-10(17)11-7-5-18-4-6(7)9(15)16/h2-3,6-7H,4-5H2,1H3,(H,15,16)(H2,11,12,13,17). The molecule has 8 heteroatoms. The molecule has 8 nitrogen and oxygen atoms in total. The van der Waals surface area contributed by atoms with Gasteiger partial charge in [0.2, 0.25) is 0 Å². The van der Waals surface area contributed by atoms with E-state index >= 15 is 0 Å². The van der Waals surface area contributed by atoms with Crippen molar-refractivity contribution in [1.29, 1.82) is 0 Å². The van der Waals surface area contributed by atoms with Crippen molar-refractivity contribution in [2.24, 2.45) is 13.0 Å². The maximum absolute atomic E-state index is 11.6. The number of carbonyl (C=O) groups excluding carboxylic acids is 1. The molecule has 1 saturated heterocycles. The molecule has 1 aliphatic rings. The zero-order valence-electron chi connectivity index (χ0n) is 9.79. The van der Waals surface area contributed by atoms with Gasteiger partial charge in [0.25, 0.3) is 0 Å². The summed E-state index contributed by atoms with van der Waals surface area (Å²) in [6.45, 7) is 0.316. The fourth-order valence-electron chi connectivity index (χ4n) is 1.74. The van der Waals surface area contributed by atoms with Gasteiger partial charge in [0.15, 0.2) is 5.82 Å². The third-order valence-electron chi connectivity index (χ3n) is 2.67. The lowest BCUT2D eigenvalue weighted by atomic mass is 10.0. The molecule has 1 aromatic heterocycles. The minimum atomic E-state index is -0.976. The number of hydrogen-bond acceptors (Lipinski definition) is 4. The van der Waals surface area contributed by atoms with Crippen molar-refractivity contribution in [1.82, 2.24) is 15.1 Å². The Morgan fingerprint density at radius 3 is 2.94 bits per heavy atom. The van der Waals surface area contributed by atoms with Gasteiger partial charge in [-0.2, -0.15) is 5.10 Å².